The minimum Gasteiger partial charge on any atom is -0.356 e. The van der Waals surface area contributed by atoms with Crippen molar-refractivity contribution < 1.29 is 9.53 Å². The predicted octanol–water partition coefficient (Wildman–Crippen LogP) is 1.98. The average molecular weight is 183 g/mol. The van der Waals surface area contributed by atoms with Crippen LogP contribution in [0.4, 0.5) is 0 Å². The number of carbonyl (C=O) groups is 1. The number of hydrogen-bond donors (Lipinski definition) is 0. The molecule has 0 aromatic heterocycles. The molecule has 1 aliphatic rings. The number of epoxide rings is 1. The summed E-state index contributed by atoms with van der Waals surface area (Å²) in [6, 6.07) is 7.39. The van der Waals surface area contributed by atoms with Crippen molar-refractivity contribution in [2.24, 2.45) is 0 Å². The quantitative estimate of drug-likeness (QED) is 0.517. The Hall–Kier alpha value is -0.860. The van der Waals surface area contributed by atoms with Crippen LogP contribution in [-0.2, 0) is 9.53 Å². The molecule has 0 bridgehead atoms. The highest BCUT2D eigenvalue weighted by Crippen LogP contribution is 2.40. The molecule has 2 nitrogen and oxygen atoms in total. The maximum absolute atomic E-state index is 10.3. The van der Waals surface area contributed by atoms with Gasteiger partial charge in [0.1, 0.15) is 12.2 Å². The second-order valence-electron chi connectivity index (χ2n) is 2.68. The first-order chi connectivity index (χ1) is 5.83. The SMILES string of the molecule is O=CC1OC1c1ccccc1Cl. The largest absolute Gasteiger partial charge is 0.356 e. The highest BCUT2D eigenvalue weighted by molar-refractivity contribution is 6.31. The van der Waals surface area contributed by atoms with Gasteiger partial charge in [0.25, 0.3) is 0 Å². The number of rotatable bonds is 2. The fourth-order valence-corrected chi connectivity index (χ4v) is 1.43. The van der Waals surface area contributed by atoms with Crippen molar-refractivity contribution in [3.05, 3.63) is 34.9 Å². The second kappa shape index (κ2) is 2.88. The van der Waals surface area contributed by atoms with Crippen LogP contribution in [0.1, 0.15) is 11.7 Å². The zero-order valence-electron chi connectivity index (χ0n) is 6.24. The third-order valence-corrected chi connectivity index (χ3v) is 2.22. The van der Waals surface area contributed by atoms with Gasteiger partial charge in [0.15, 0.2) is 6.29 Å². The van der Waals surface area contributed by atoms with E-state index in [1.807, 2.05) is 18.2 Å². The van der Waals surface area contributed by atoms with E-state index in [-0.39, 0.29) is 12.2 Å². The van der Waals surface area contributed by atoms with Crippen molar-refractivity contribution in [2.45, 2.75) is 12.2 Å². The van der Waals surface area contributed by atoms with Gasteiger partial charge in [-0.05, 0) is 6.07 Å². The van der Waals surface area contributed by atoms with Crippen LogP contribution in [-0.4, -0.2) is 12.4 Å². The number of halogens is 1. The molecule has 0 radical (unpaired) electrons. The van der Waals surface area contributed by atoms with Gasteiger partial charge in [-0.2, -0.15) is 0 Å². The summed E-state index contributed by atoms with van der Waals surface area (Å²) < 4.78 is 5.08. The summed E-state index contributed by atoms with van der Waals surface area (Å²) in [6.07, 6.45) is 0.398. The van der Waals surface area contributed by atoms with E-state index in [9.17, 15) is 4.79 Å². The molecular weight excluding hydrogens is 176 g/mol. The summed E-state index contributed by atoms with van der Waals surface area (Å²) in [5, 5.41) is 0.659. The van der Waals surface area contributed by atoms with Crippen LogP contribution in [0.15, 0.2) is 24.3 Å². The Morgan fingerprint density at radius 3 is 2.75 bits per heavy atom. The van der Waals surface area contributed by atoms with Crippen molar-refractivity contribution in [2.75, 3.05) is 0 Å². The van der Waals surface area contributed by atoms with Gasteiger partial charge in [0.05, 0.1) is 0 Å². The fraction of sp³-hybridized carbons (Fsp3) is 0.222. The van der Waals surface area contributed by atoms with Crippen molar-refractivity contribution in [3.8, 4) is 0 Å². The van der Waals surface area contributed by atoms with Gasteiger partial charge in [0, 0.05) is 10.6 Å². The Balaban J connectivity index is 2.25. The molecule has 2 rings (SSSR count). The van der Waals surface area contributed by atoms with Crippen LogP contribution in [0, 0.1) is 0 Å². The average Bonchev–Trinajstić information content (AvgIpc) is 2.84. The molecular formula is C9H7ClO2. The monoisotopic (exact) mass is 182 g/mol. The minimum absolute atomic E-state index is 0.115. The normalized spacial score (nSPS) is 26.8. The first-order valence-electron chi connectivity index (χ1n) is 3.68. The fourth-order valence-electron chi connectivity index (χ4n) is 1.18. The van der Waals surface area contributed by atoms with Crippen LogP contribution < -0.4 is 0 Å². The van der Waals surface area contributed by atoms with E-state index in [4.69, 9.17) is 16.3 Å². The Morgan fingerprint density at radius 2 is 2.17 bits per heavy atom. The van der Waals surface area contributed by atoms with Crippen molar-refractivity contribution in [1.29, 1.82) is 0 Å². The second-order valence-corrected chi connectivity index (χ2v) is 3.09. The minimum atomic E-state index is -0.287. The molecule has 1 aromatic rings. The van der Waals surface area contributed by atoms with E-state index < -0.39 is 0 Å². The van der Waals surface area contributed by atoms with Gasteiger partial charge in [0.2, 0.25) is 0 Å². The van der Waals surface area contributed by atoms with E-state index in [1.54, 1.807) is 6.07 Å². The van der Waals surface area contributed by atoms with E-state index in [1.165, 1.54) is 0 Å². The Kier molecular flexibility index (Phi) is 1.87. The lowest BCUT2D eigenvalue weighted by Gasteiger charge is -1.96. The van der Waals surface area contributed by atoms with Gasteiger partial charge in [-0.1, -0.05) is 29.8 Å². The number of aldehydes is 1. The lowest BCUT2D eigenvalue weighted by molar-refractivity contribution is -0.108. The standard InChI is InChI=1S/C9H7ClO2/c10-7-4-2-1-3-6(7)9-8(5-11)12-9/h1-5,8-9H. The van der Waals surface area contributed by atoms with E-state index in [0.717, 1.165) is 11.8 Å². The van der Waals surface area contributed by atoms with Gasteiger partial charge >= 0.3 is 0 Å². The maximum Gasteiger partial charge on any atom is 0.151 e. The summed E-state index contributed by atoms with van der Waals surface area (Å²) >= 11 is 5.89. The first-order valence-corrected chi connectivity index (χ1v) is 4.06. The number of carbonyl (C=O) groups excluding carboxylic acids is 1. The third-order valence-electron chi connectivity index (χ3n) is 1.87. The van der Waals surface area contributed by atoms with Crippen LogP contribution in [0.2, 0.25) is 5.02 Å². The van der Waals surface area contributed by atoms with Gasteiger partial charge in [-0.15, -0.1) is 0 Å². The Labute approximate surface area is 75.1 Å². The van der Waals surface area contributed by atoms with E-state index >= 15 is 0 Å². The van der Waals surface area contributed by atoms with Crippen molar-refractivity contribution in [3.63, 3.8) is 0 Å². The summed E-state index contributed by atoms with van der Waals surface area (Å²) in [5.74, 6) is 0. The molecule has 12 heavy (non-hydrogen) atoms. The highest BCUT2D eigenvalue weighted by Gasteiger charge is 2.40. The lowest BCUT2D eigenvalue weighted by atomic mass is 10.1. The molecule has 1 saturated heterocycles. The van der Waals surface area contributed by atoms with Gasteiger partial charge in [-0.25, -0.2) is 0 Å². The molecule has 0 saturated carbocycles. The van der Waals surface area contributed by atoms with Crippen molar-refractivity contribution >= 4 is 17.9 Å². The van der Waals surface area contributed by atoms with Crippen LogP contribution in [0.3, 0.4) is 0 Å². The zero-order valence-corrected chi connectivity index (χ0v) is 6.99. The molecule has 0 spiro atoms. The first kappa shape index (κ1) is 7.77. The maximum atomic E-state index is 10.3. The zero-order chi connectivity index (χ0) is 8.55. The highest BCUT2D eigenvalue weighted by atomic mass is 35.5. The summed E-state index contributed by atoms with van der Waals surface area (Å²) in [7, 11) is 0. The van der Waals surface area contributed by atoms with Gasteiger partial charge in [-0.3, -0.25) is 0 Å². The Bertz CT molecular complexity index is 311. The summed E-state index contributed by atoms with van der Waals surface area (Å²) in [6.45, 7) is 0. The molecule has 1 aliphatic heterocycles. The molecule has 1 fully saturated rings. The molecule has 3 heteroatoms. The summed E-state index contributed by atoms with van der Waals surface area (Å²) in [5.41, 5.74) is 0.899. The van der Waals surface area contributed by atoms with Gasteiger partial charge < -0.3 is 9.53 Å². The predicted molar refractivity (Wildman–Crippen MR) is 45.1 cm³/mol. The number of ether oxygens (including phenoxy) is 1. The smallest absolute Gasteiger partial charge is 0.151 e. The van der Waals surface area contributed by atoms with Crippen LogP contribution in [0.25, 0.3) is 0 Å². The molecule has 2 unspecified atom stereocenters. The topological polar surface area (TPSA) is 29.6 Å². The van der Waals surface area contributed by atoms with Crippen LogP contribution in [0.5, 0.6) is 0 Å². The molecule has 2 atom stereocenters. The number of hydrogen-bond acceptors (Lipinski definition) is 2. The molecule has 0 amide bonds. The van der Waals surface area contributed by atoms with E-state index in [2.05, 4.69) is 0 Å². The Morgan fingerprint density at radius 1 is 1.42 bits per heavy atom. The molecule has 62 valence electrons. The van der Waals surface area contributed by atoms with Crippen LogP contribution >= 0.6 is 11.6 Å². The summed E-state index contributed by atoms with van der Waals surface area (Å²) in [4.78, 5) is 10.3. The molecule has 0 N–H and O–H groups in total. The molecule has 0 aliphatic carbocycles. The molecule has 1 aromatic carbocycles. The van der Waals surface area contributed by atoms with E-state index in [0.29, 0.717) is 5.02 Å². The molecule has 1 heterocycles. The third kappa shape index (κ3) is 1.24. The number of benzene rings is 1. The van der Waals surface area contributed by atoms with Crippen molar-refractivity contribution in [1.82, 2.24) is 0 Å². The lowest BCUT2D eigenvalue weighted by Crippen LogP contribution is -1.89.